The van der Waals surface area contributed by atoms with Gasteiger partial charge in [0, 0.05) is 54.9 Å². The number of aromatic nitrogens is 2. The highest BCUT2D eigenvalue weighted by molar-refractivity contribution is 5.86. The molecule has 4 nitrogen and oxygen atoms in total. The highest BCUT2D eigenvalue weighted by Gasteiger charge is 2.23. The van der Waals surface area contributed by atoms with Crippen molar-refractivity contribution in [1.29, 1.82) is 0 Å². The van der Waals surface area contributed by atoms with E-state index < -0.39 is 0 Å². The van der Waals surface area contributed by atoms with Crippen molar-refractivity contribution in [3.8, 4) is 0 Å². The predicted octanol–water partition coefficient (Wildman–Crippen LogP) is 6.06. The number of pyridine rings is 1. The third-order valence-electron chi connectivity index (χ3n) is 6.26. The first-order valence-electron chi connectivity index (χ1n) is 11.7. The lowest BCUT2D eigenvalue weighted by Crippen LogP contribution is -2.25. The molecule has 5 heteroatoms. The molecule has 0 aliphatic carbocycles. The van der Waals surface area contributed by atoms with Gasteiger partial charge >= 0.3 is 0 Å². The van der Waals surface area contributed by atoms with Gasteiger partial charge < -0.3 is 9.88 Å². The number of fused-ring (bicyclic) bond motifs is 1. The number of halogens is 1. The van der Waals surface area contributed by atoms with E-state index in [0.29, 0.717) is 6.54 Å². The van der Waals surface area contributed by atoms with Crippen LogP contribution in [0.1, 0.15) is 34.6 Å². The summed E-state index contributed by atoms with van der Waals surface area (Å²) in [6, 6.07) is 28.8. The maximum atomic E-state index is 13.7. The minimum Gasteiger partial charge on any atom is -0.352 e. The molecule has 0 saturated carbocycles. The Morgan fingerprint density at radius 3 is 2.40 bits per heavy atom. The number of amides is 1. The number of carbonyl (C=O) groups is 1. The Balaban J connectivity index is 1.49. The van der Waals surface area contributed by atoms with E-state index in [9.17, 15) is 9.18 Å². The van der Waals surface area contributed by atoms with Gasteiger partial charge in [0.1, 0.15) is 5.82 Å². The van der Waals surface area contributed by atoms with Gasteiger partial charge in [0.25, 0.3) is 0 Å². The fraction of sp³-hybridized carbons (Fsp3) is 0.133. The van der Waals surface area contributed by atoms with E-state index in [2.05, 4.69) is 45.3 Å². The number of hydrogen-bond donors (Lipinski definition) is 1. The molecule has 174 valence electrons. The van der Waals surface area contributed by atoms with Gasteiger partial charge in [-0.2, -0.15) is 0 Å². The number of benzene rings is 3. The highest BCUT2D eigenvalue weighted by atomic mass is 19.1. The van der Waals surface area contributed by atoms with E-state index in [1.807, 2.05) is 42.5 Å². The van der Waals surface area contributed by atoms with E-state index >= 15 is 0 Å². The van der Waals surface area contributed by atoms with Gasteiger partial charge in [-0.25, -0.2) is 4.39 Å². The monoisotopic (exact) mass is 463 g/mol. The van der Waals surface area contributed by atoms with Crippen LogP contribution in [0.15, 0.2) is 110 Å². The Kier molecular flexibility index (Phi) is 6.66. The molecule has 0 aliphatic heterocycles. The lowest BCUT2D eigenvalue weighted by Gasteiger charge is -2.17. The van der Waals surface area contributed by atoms with Crippen molar-refractivity contribution in [3.05, 3.63) is 138 Å². The number of para-hydroxylation sites is 1. The SMILES string of the molecule is O=C(CC(c1ccc(F)cc1)c1cn(Cc2ccccc2)c2ccccc12)NCc1cccnc1. The zero-order chi connectivity index (χ0) is 24.0. The van der Waals surface area contributed by atoms with Crippen LogP contribution < -0.4 is 5.32 Å². The number of carbonyl (C=O) groups excluding carboxylic acids is 1. The summed E-state index contributed by atoms with van der Waals surface area (Å²) >= 11 is 0. The minimum absolute atomic E-state index is 0.0666. The summed E-state index contributed by atoms with van der Waals surface area (Å²) in [5, 5.41) is 4.11. The maximum Gasteiger partial charge on any atom is 0.221 e. The van der Waals surface area contributed by atoms with Crippen LogP contribution in [0.25, 0.3) is 10.9 Å². The molecule has 0 radical (unpaired) electrons. The lowest BCUT2D eigenvalue weighted by atomic mass is 9.88. The second-order valence-electron chi connectivity index (χ2n) is 8.66. The standard InChI is InChI=1S/C30H26FN3O/c31-25-14-12-24(13-15-25)27(17-30(35)33-19-23-9-6-16-32-18-23)28-21-34(20-22-7-2-1-3-8-22)29-11-5-4-10-26(28)29/h1-16,18,21,27H,17,19-20H2,(H,33,35). The summed E-state index contributed by atoms with van der Waals surface area (Å²) in [6.07, 6.45) is 5.85. The number of hydrogen-bond acceptors (Lipinski definition) is 2. The molecule has 5 rings (SSSR count). The molecule has 35 heavy (non-hydrogen) atoms. The molecule has 0 spiro atoms. The third-order valence-corrected chi connectivity index (χ3v) is 6.26. The van der Waals surface area contributed by atoms with Gasteiger partial charge in [0.05, 0.1) is 0 Å². The third kappa shape index (κ3) is 5.30. The van der Waals surface area contributed by atoms with Crippen molar-refractivity contribution in [2.45, 2.75) is 25.4 Å². The quantitative estimate of drug-likeness (QED) is 0.304. The highest BCUT2D eigenvalue weighted by Crippen LogP contribution is 2.35. The molecule has 3 aromatic carbocycles. The molecule has 1 N–H and O–H groups in total. The molecular weight excluding hydrogens is 437 g/mol. The Morgan fingerprint density at radius 2 is 1.63 bits per heavy atom. The Hall–Kier alpha value is -4.25. The number of nitrogens with zero attached hydrogens (tertiary/aromatic N) is 2. The summed E-state index contributed by atoms with van der Waals surface area (Å²) < 4.78 is 16.0. The molecule has 0 aliphatic rings. The van der Waals surface area contributed by atoms with Crippen LogP contribution in [0.3, 0.4) is 0 Å². The smallest absolute Gasteiger partial charge is 0.221 e. The number of nitrogens with one attached hydrogen (secondary N) is 1. The molecule has 2 heterocycles. The van der Waals surface area contributed by atoms with Crippen molar-refractivity contribution in [3.63, 3.8) is 0 Å². The van der Waals surface area contributed by atoms with Crippen molar-refractivity contribution in [2.24, 2.45) is 0 Å². The second kappa shape index (κ2) is 10.3. The van der Waals surface area contributed by atoms with E-state index in [1.165, 1.54) is 17.7 Å². The van der Waals surface area contributed by atoms with E-state index in [4.69, 9.17) is 0 Å². The lowest BCUT2D eigenvalue weighted by molar-refractivity contribution is -0.121. The fourth-order valence-corrected chi connectivity index (χ4v) is 4.53. The zero-order valence-electron chi connectivity index (χ0n) is 19.3. The zero-order valence-corrected chi connectivity index (χ0v) is 19.3. The molecule has 0 saturated heterocycles. The maximum absolute atomic E-state index is 13.7. The van der Waals surface area contributed by atoms with Gasteiger partial charge in [-0.3, -0.25) is 9.78 Å². The molecule has 1 amide bonds. The Labute approximate surface area is 204 Å². The molecular formula is C30H26FN3O. The van der Waals surface area contributed by atoms with Gasteiger partial charge in [-0.15, -0.1) is 0 Å². The summed E-state index contributed by atoms with van der Waals surface area (Å²) in [5.41, 5.74) is 5.21. The second-order valence-corrected chi connectivity index (χ2v) is 8.66. The summed E-state index contributed by atoms with van der Waals surface area (Å²) in [7, 11) is 0. The van der Waals surface area contributed by atoms with Crippen molar-refractivity contribution in [1.82, 2.24) is 14.9 Å². The first-order valence-corrected chi connectivity index (χ1v) is 11.7. The summed E-state index contributed by atoms with van der Waals surface area (Å²) in [5.74, 6) is -0.575. The normalized spacial score (nSPS) is 11.9. The van der Waals surface area contributed by atoms with E-state index in [0.717, 1.165) is 34.1 Å². The Bertz CT molecular complexity index is 1410. The van der Waals surface area contributed by atoms with E-state index in [1.54, 1.807) is 24.5 Å². The van der Waals surface area contributed by atoms with Gasteiger partial charge in [-0.05, 0) is 46.5 Å². The first-order chi connectivity index (χ1) is 17.2. The molecule has 5 aromatic rings. The fourth-order valence-electron chi connectivity index (χ4n) is 4.53. The van der Waals surface area contributed by atoms with Crippen LogP contribution in [-0.4, -0.2) is 15.5 Å². The molecule has 1 atom stereocenters. The summed E-state index contributed by atoms with van der Waals surface area (Å²) in [6.45, 7) is 1.14. The van der Waals surface area contributed by atoms with Crippen LogP contribution in [0, 0.1) is 5.82 Å². The first kappa shape index (κ1) is 22.5. The topological polar surface area (TPSA) is 46.9 Å². The van der Waals surface area contributed by atoms with E-state index in [-0.39, 0.29) is 24.1 Å². The molecule has 0 bridgehead atoms. The van der Waals surface area contributed by atoms with Crippen LogP contribution in [0.2, 0.25) is 0 Å². The Morgan fingerprint density at radius 1 is 0.886 bits per heavy atom. The van der Waals surface area contributed by atoms with Crippen LogP contribution in [0.5, 0.6) is 0 Å². The van der Waals surface area contributed by atoms with Crippen LogP contribution in [-0.2, 0) is 17.9 Å². The van der Waals surface area contributed by atoms with Gasteiger partial charge in [0.15, 0.2) is 0 Å². The average Bonchev–Trinajstić information content (AvgIpc) is 3.26. The predicted molar refractivity (Wildman–Crippen MR) is 136 cm³/mol. The van der Waals surface area contributed by atoms with Crippen molar-refractivity contribution >= 4 is 16.8 Å². The average molecular weight is 464 g/mol. The number of rotatable bonds is 8. The largest absolute Gasteiger partial charge is 0.352 e. The van der Waals surface area contributed by atoms with Gasteiger partial charge in [-0.1, -0.05) is 66.7 Å². The molecule has 2 aromatic heterocycles. The van der Waals surface area contributed by atoms with Crippen molar-refractivity contribution < 1.29 is 9.18 Å². The van der Waals surface area contributed by atoms with Crippen LogP contribution >= 0.6 is 0 Å². The van der Waals surface area contributed by atoms with Gasteiger partial charge in [0.2, 0.25) is 5.91 Å². The van der Waals surface area contributed by atoms with Crippen molar-refractivity contribution in [2.75, 3.05) is 0 Å². The molecule has 1 unspecified atom stereocenters. The minimum atomic E-state index is -0.292. The van der Waals surface area contributed by atoms with Crippen LogP contribution in [0.4, 0.5) is 4.39 Å². The molecule has 0 fully saturated rings. The summed E-state index contributed by atoms with van der Waals surface area (Å²) in [4.78, 5) is 17.2.